The summed E-state index contributed by atoms with van der Waals surface area (Å²) in [5.41, 5.74) is 0.894. The average Bonchev–Trinajstić information content (AvgIpc) is 3.22. The summed E-state index contributed by atoms with van der Waals surface area (Å²) in [5, 5.41) is 18.0. The normalized spacial score (nSPS) is 10.8. The molecule has 4 aromatic rings. The SMILES string of the molecule is COC(=O)c1cc2ccc(=O)oc2cc1-c1cn(-c2ccccc2C(=O)O)nn1. The summed E-state index contributed by atoms with van der Waals surface area (Å²) < 4.78 is 11.3. The number of carbonyl (C=O) groups is 2. The second-order valence-corrected chi connectivity index (χ2v) is 6.05. The van der Waals surface area contributed by atoms with Crippen molar-refractivity contribution >= 4 is 22.9 Å². The summed E-state index contributed by atoms with van der Waals surface area (Å²) in [4.78, 5) is 35.3. The van der Waals surface area contributed by atoms with Gasteiger partial charge in [-0.15, -0.1) is 5.10 Å². The molecule has 0 aliphatic carbocycles. The number of aromatic carboxylic acids is 1. The maximum Gasteiger partial charge on any atom is 0.338 e. The van der Waals surface area contributed by atoms with Crippen LogP contribution in [-0.4, -0.2) is 39.1 Å². The fourth-order valence-corrected chi connectivity index (χ4v) is 2.97. The molecule has 0 unspecified atom stereocenters. The maximum atomic E-state index is 12.3. The highest BCUT2D eigenvalue weighted by atomic mass is 16.5. The van der Waals surface area contributed by atoms with E-state index in [9.17, 15) is 19.5 Å². The number of para-hydroxylation sites is 1. The minimum atomic E-state index is -1.11. The van der Waals surface area contributed by atoms with Crippen molar-refractivity contribution in [3.8, 4) is 16.9 Å². The molecule has 9 heteroatoms. The Balaban J connectivity index is 1.90. The highest BCUT2D eigenvalue weighted by Gasteiger charge is 2.19. The van der Waals surface area contributed by atoms with E-state index >= 15 is 0 Å². The lowest BCUT2D eigenvalue weighted by molar-refractivity contribution is 0.0600. The Morgan fingerprint density at radius 2 is 1.90 bits per heavy atom. The lowest BCUT2D eigenvalue weighted by Gasteiger charge is -2.07. The summed E-state index contributed by atoms with van der Waals surface area (Å²) in [7, 11) is 1.25. The van der Waals surface area contributed by atoms with E-state index in [0.29, 0.717) is 16.6 Å². The molecule has 0 spiro atoms. The molecule has 2 heterocycles. The highest BCUT2D eigenvalue weighted by molar-refractivity contribution is 6.01. The predicted molar refractivity (Wildman–Crippen MR) is 101 cm³/mol. The number of carboxylic acids is 1. The molecule has 0 amide bonds. The van der Waals surface area contributed by atoms with E-state index in [1.807, 2.05) is 0 Å². The molecule has 2 aromatic carbocycles. The predicted octanol–water partition coefficient (Wildman–Crippen LogP) is 2.53. The minimum absolute atomic E-state index is 0.0432. The molecule has 4 rings (SSSR count). The van der Waals surface area contributed by atoms with E-state index < -0.39 is 17.6 Å². The Hall–Kier alpha value is -4.27. The van der Waals surface area contributed by atoms with E-state index in [4.69, 9.17) is 9.15 Å². The zero-order chi connectivity index (χ0) is 20.5. The molecular formula is C20H13N3O6. The Bertz CT molecular complexity index is 1320. The standard InChI is InChI=1S/C20H13N3O6/c1-28-20(27)14-8-11-6-7-18(24)29-17(11)9-13(14)15-10-23(22-21-15)16-5-3-2-4-12(16)19(25)26/h2-10H,1H3,(H,25,26). The lowest BCUT2D eigenvalue weighted by Crippen LogP contribution is -2.05. The van der Waals surface area contributed by atoms with Crippen molar-refractivity contribution < 1.29 is 23.8 Å². The van der Waals surface area contributed by atoms with Crippen LogP contribution in [0.4, 0.5) is 0 Å². The third-order valence-electron chi connectivity index (χ3n) is 4.32. The van der Waals surface area contributed by atoms with E-state index in [2.05, 4.69) is 10.3 Å². The van der Waals surface area contributed by atoms with Crippen molar-refractivity contribution in [1.82, 2.24) is 15.0 Å². The monoisotopic (exact) mass is 391 g/mol. The molecule has 0 fully saturated rings. The summed E-state index contributed by atoms with van der Waals surface area (Å²) in [6.07, 6.45) is 1.48. The summed E-state index contributed by atoms with van der Waals surface area (Å²) in [5.74, 6) is -1.71. The quantitative estimate of drug-likeness (QED) is 0.416. The van der Waals surface area contributed by atoms with Gasteiger partial charge < -0.3 is 14.3 Å². The fourth-order valence-electron chi connectivity index (χ4n) is 2.97. The number of carboxylic acid groups (broad SMARTS) is 1. The van der Waals surface area contributed by atoms with Gasteiger partial charge in [0, 0.05) is 17.0 Å². The smallest absolute Gasteiger partial charge is 0.338 e. The number of nitrogens with zero attached hydrogens (tertiary/aromatic N) is 3. The number of esters is 1. The van der Waals surface area contributed by atoms with E-state index in [1.165, 1.54) is 48.3 Å². The van der Waals surface area contributed by atoms with Crippen LogP contribution in [0.15, 0.2) is 63.9 Å². The van der Waals surface area contributed by atoms with Crippen molar-refractivity contribution in [3.05, 3.63) is 76.3 Å². The van der Waals surface area contributed by atoms with Crippen LogP contribution < -0.4 is 5.63 Å². The van der Waals surface area contributed by atoms with Gasteiger partial charge >= 0.3 is 17.6 Å². The number of aromatic nitrogens is 3. The third kappa shape index (κ3) is 3.25. The van der Waals surface area contributed by atoms with Gasteiger partial charge in [0.1, 0.15) is 11.3 Å². The number of methoxy groups -OCH3 is 1. The topological polar surface area (TPSA) is 125 Å². The number of hydrogen-bond donors (Lipinski definition) is 1. The first kappa shape index (κ1) is 18.1. The van der Waals surface area contributed by atoms with Crippen LogP contribution in [0.3, 0.4) is 0 Å². The molecule has 0 saturated carbocycles. The van der Waals surface area contributed by atoms with Gasteiger partial charge in [-0.2, -0.15) is 0 Å². The average molecular weight is 391 g/mol. The first-order valence-electron chi connectivity index (χ1n) is 8.39. The van der Waals surface area contributed by atoms with E-state index in [0.717, 1.165) is 0 Å². The molecule has 144 valence electrons. The molecule has 0 saturated heterocycles. The maximum absolute atomic E-state index is 12.3. The largest absolute Gasteiger partial charge is 0.478 e. The van der Waals surface area contributed by atoms with Crippen molar-refractivity contribution in [2.45, 2.75) is 0 Å². The molecule has 2 aromatic heterocycles. The number of carbonyl (C=O) groups excluding carboxylic acids is 1. The first-order chi connectivity index (χ1) is 14.0. The summed E-state index contributed by atoms with van der Waals surface area (Å²) in [6, 6.07) is 12.1. The number of fused-ring (bicyclic) bond motifs is 1. The zero-order valence-electron chi connectivity index (χ0n) is 15.0. The molecule has 0 atom stereocenters. The molecule has 0 aliphatic heterocycles. The van der Waals surface area contributed by atoms with Gasteiger partial charge in [-0.25, -0.2) is 19.1 Å². The van der Waals surface area contributed by atoms with Gasteiger partial charge in [0.15, 0.2) is 0 Å². The molecule has 29 heavy (non-hydrogen) atoms. The van der Waals surface area contributed by atoms with Crippen LogP contribution in [0.25, 0.3) is 27.9 Å². The van der Waals surface area contributed by atoms with Crippen LogP contribution in [0, 0.1) is 0 Å². The van der Waals surface area contributed by atoms with Crippen LogP contribution in [0.1, 0.15) is 20.7 Å². The Morgan fingerprint density at radius 3 is 2.66 bits per heavy atom. The second kappa shape index (κ2) is 7.04. The Morgan fingerprint density at radius 1 is 1.10 bits per heavy atom. The van der Waals surface area contributed by atoms with Crippen LogP contribution in [0.2, 0.25) is 0 Å². The van der Waals surface area contributed by atoms with Gasteiger partial charge in [-0.1, -0.05) is 17.3 Å². The van der Waals surface area contributed by atoms with Gasteiger partial charge in [-0.05, 0) is 30.3 Å². The van der Waals surface area contributed by atoms with Crippen LogP contribution >= 0.6 is 0 Å². The molecular weight excluding hydrogens is 378 g/mol. The van der Waals surface area contributed by atoms with Gasteiger partial charge in [0.2, 0.25) is 0 Å². The minimum Gasteiger partial charge on any atom is -0.478 e. The van der Waals surface area contributed by atoms with Gasteiger partial charge in [0.25, 0.3) is 0 Å². The third-order valence-corrected chi connectivity index (χ3v) is 4.32. The van der Waals surface area contributed by atoms with Gasteiger partial charge in [-0.3, -0.25) is 0 Å². The molecule has 0 bridgehead atoms. The first-order valence-corrected chi connectivity index (χ1v) is 8.39. The fraction of sp³-hybridized carbons (Fsp3) is 0.0500. The van der Waals surface area contributed by atoms with Crippen molar-refractivity contribution in [2.75, 3.05) is 7.11 Å². The van der Waals surface area contributed by atoms with Crippen molar-refractivity contribution in [1.29, 1.82) is 0 Å². The number of rotatable bonds is 4. The second-order valence-electron chi connectivity index (χ2n) is 6.05. The molecule has 0 radical (unpaired) electrons. The van der Waals surface area contributed by atoms with Crippen molar-refractivity contribution in [3.63, 3.8) is 0 Å². The number of ether oxygens (including phenoxy) is 1. The molecule has 9 nitrogen and oxygen atoms in total. The van der Waals surface area contributed by atoms with Crippen LogP contribution in [0.5, 0.6) is 0 Å². The van der Waals surface area contributed by atoms with Crippen LogP contribution in [-0.2, 0) is 4.74 Å². The van der Waals surface area contributed by atoms with Crippen molar-refractivity contribution in [2.24, 2.45) is 0 Å². The summed E-state index contributed by atoms with van der Waals surface area (Å²) >= 11 is 0. The molecule has 0 aliphatic rings. The Labute approximate surface area is 162 Å². The van der Waals surface area contributed by atoms with E-state index in [1.54, 1.807) is 18.2 Å². The van der Waals surface area contributed by atoms with Gasteiger partial charge in [0.05, 0.1) is 30.1 Å². The highest BCUT2D eigenvalue weighted by Crippen LogP contribution is 2.28. The summed E-state index contributed by atoms with van der Waals surface area (Å²) in [6.45, 7) is 0. The Kier molecular flexibility index (Phi) is 4.40. The molecule has 1 N–H and O–H groups in total. The number of benzene rings is 2. The van der Waals surface area contributed by atoms with E-state index in [-0.39, 0.29) is 22.4 Å². The number of hydrogen-bond acceptors (Lipinski definition) is 7. The zero-order valence-corrected chi connectivity index (χ0v) is 15.0. The lowest BCUT2D eigenvalue weighted by atomic mass is 10.0.